The van der Waals surface area contributed by atoms with Crippen molar-refractivity contribution in [2.75, 3.05) is 19.9 Å². The minimum Gasteiger partial charge on any atom is -0.454 e. The third-order valence-corrected chi connectivity index (χ3v) is 5.20. The number of fused-ring (bicyclic) bond motifs is 2. The molecule has 0 atom stereocenters. The predicted octanol–water partition coefficient (Wildman–Crippen LogP) is 2.15. The first kappa shape index (κ1) is 14.5. The lowest BCUT2D eigenvalue weighted by molar-refractivity contribution is -0.122. The Labute approximate surface area is 138 Å². The summed E-state index contributed by atoms with van der Waals surface area (Å²) in [4.78, 5) is 15.8. The molecule has 0 fully saturated rings. The maximum Gasteiger partial charge on any atom is 0.234 e. The van der Waals surface area contributed by atoms with Crippen molar-refractivity contribution in [1.82, 2.24) is 10.2 Å². The van der Waals surface area contributed by atoms with Crippen LogP contribution in [0.15, 0.2) is 29.6 Å². The van der Waals surface area contributed by atoms with Gasteiger partial charge in [0.1, 0.15) is 0 Å². The number of carbonyl (C=O) groups excluding carboxylic acids is 1. The second-order valence-electron chi connectivity index (χ2n) is 5.79. The summed E-state index contributed by atoms with van der Waals surface area (Å²) in [5.41, 5.74) is 2.38. The summed E-state index contributed by atoms with van der Waals surface area (Å²) in [7, 11) is 0. The monoisotopic (exact) mass is 330 g/mol. The second-order valence-corrected chi connectivity index (χ2v) is 6.79. The molecular formula is C17H18N2O3S. The zero-order chi connectivity index (χ0) is 15.6. The van der Waals surface area contributed by atoms with Gasteiger partial charge in [0.05, 0.1) is 6.54 Å². The summed E-state index contributed by atoms with van der Waals surface area (Å²) in [6, 6.07) is 7.91. The Bertz CT molecular complexity index is 728. The van der Waals surface area contributed by atoms with Gasteiger partial charge in [0, 0.05) is 24.5 Å². The van der Waals surface area contributed by atoms with Crippen LogP contribution in [0.25, 0.3) is 0 Å². The fourth-order valence-corrected chi connectivity index (χ4v) is 3.84. The van der Waals surface area contributed by atoms with E-state index in [0.29, 0.717) is 13.1 Å². The van der Waals surface area contributed by atoms with Gasteiger partial charge >= 0.3 is 0 Å². The molecule has 2 aliphatic heterocycles. The van der Waals surface area contributed by atoms with E-state index in [1.807, 2.05) is 29.5 Å². The molecule has 6 heteroatoms. The zero-order valence-electron chi connectivity index (χ0n) is 12.7. The van der Waals surface area contributed by atoms with Crippen LogP contribution in [0.2, 0.25) is 0 Å². The lowest BCUT2D eigenvalue weighted by atomic mass is 10.1. The van der Waals surface area contributed by atoms with Crippen molar-refractivity contribution in [3.8, 4) is 11.5 Å². The van der Waals surface area contributed by atoms with Gasteiger partial charge < -0.3 is 14.8 Å². The number of ether oxygens (including phenoxy) is 2. The number of nitrogens with zero attached hydrogens (tertiary/aromatic N) is 1. The molecule has 1 aromatic heterocycles. The van der Waals surface area contributed by atoms with Crippen LogP contribution in [0.3, 0.4) is 0 Å². The summed E-state index contributed by atoms with van der Waals surface area (Å²) in [6.07, 6.45) is 1.04. The molecule has 120 valence electrons. The topological polar surface area (TPSA) is 50.8 Å². The van der Waals surface area contributed by atoms with Crippen molar-refractivity contribution in [3.63, 3.8) is 0 Å². The van der Waals surface area contributed by atoms with Gasteiger partial charge in [0.25, 0.3) is 0 Å². The van der Waals surface area contributed by atoms with Crippen LogP contribution in [0.4, 0.5) is 0 Å². The molecular weight excluding hydrogens is 312 g/mol. The number of carbonyl (C=O) groups is 1. The first-order valence-corrected chi connectivity index (χ1v) is 8.59. The molecule has 2 aliphatic rings. The Morgan fingerprint density at radius 3 is 3.13 bits per heavy atom. The summed E-state index contributed by atoms with van der Waals surface area (Å²) in [6.45, 7) is 3.04. The van der Waals surface area contributed by atoms with Crippen molar-refractivity contribution in [2.45, 2.75) is 19.5 Å². The predicted molar refractivity (Wildman–Crippen MR) is 87.7 cm³/mol. The van der Waals surface area contributed by atoms with Gasteiger partial charge in [0.2, 0.25) is 12.7 Å². The first-order chi connectivity index (χ1) is 11.3. The molecule has 0 saturated heterocycles. The van der Waals surface area contributed by atoms with Gasteiger partial charge in [-0.05, 0) is 41.1 Å². The van der Waals surface area contributed by atoms with Crippen LogP contribution >= 0.6 is 11.3 Å². The van der Waals surface area contributed by atoms with Crippen LogP contribution in [0.1, 0.15) is 16.0 Å². The van der Waals surface area contributed by atoms with Crippen LogP contribution in [0.5, 0.6) is 11.5 Å². The van der Waals surface area contributed by atoms with E-state index in [-0.39, 0.29) is 12.7 Å². The van der Waals surface area contributed by atoms with Gasteiger partial charge in [0.15, 0.2) is 11.5 Å². The molecule has 4 rings (SSSR count). The lowest BCUT2D eigenvalue weighted by Crippen LogP contribution is -2.39. The van der Waals surface area contributed by atoms with Gasteiger partial charge in [-0.2, -0.15) is 0 Å². The molecule has 3 heterocycles. The van der Waals surface area contributed by atoms with Crippen LogP contribution in [-0.4, -0.2) is 30.7 Å². The fraction of sp³-hybridized carbons (Fsp3) is 0.353. The van der Waals surface area contributed by atoms with E-state index in [1.165, 1.54) is 10.4 Å². The highest BCUT2D eigenvalue weighted by molar-refractivity contribution is 7.10. The highest BCUT2D eigenvalue weighted by Crippen LogP contribution is 2.32. The molecule has 2 aromatic rings. The Hall–Kier alpha value is -2.05. The van der Waals surface area contributed by atoms with E-state index in [4.69, 9.17) is 9.47 Å². The molecule has 0 bridgehead atoms. The van der Waals surface area contributed by atoms with E-state index in [1.54, 1.807) is 0 Å². The number of thiophene rings is 1. The molecule has 0 radical (unpaired) electrons. The average Bonchev–Trinajstić information content (AvgIpc) is 3.20. The van der Waals surface area contributed by atoms with Gasteiger partial charge in [-0.1, -0.05) is 6.07 Å². The Morgan fingerprint density at radius 1 is 1.26 bits per heavy atom. The fourth-order valence-electron chi connectivity index (χ4n) is 2.95. The second kappa shape index (κ2) is 6.22. The van der Waals surface area contributed by atoms with Crippen molar-refractivity contribution < 1.29 is 14.3 Å². The molecule has 1 aromatic carbocycles. The van der Waals surface area contributed by atoms with Crippen molar-refractivity contribution in [3.05, 3.63) is 45.6 Å². The van der Waals surface area contributed by atoms with E-state index < -0.39 is 0 Å². The number of rotatable bonds is 4. The molecule has 1 N–H and O–H groups in total. The smallest absolute Gasteiger partial charge is 0.234 e. The Kier molecular flexibility index (Phi) is 3.93. The number of amides is 1. The third kappa shape index (κ3) is 3.18. The third-order valence-electron chi connectivity index (χ3n) is 4.18. The maximum absolute atomic E-state index is 12.2. The largest absolute Gasteiger partial charge is 0.454 e. The maximum atomic E-state index is 12.2. The number of benzene rings is 1. The molecule has 0 saturated carbocycles. The average molecular weight is 330 g/mol. The van der Waals surface area contributed by atoms with Crippen molar-refractivity contribution in [2.24, 2.45) is 0 Å². The summed E-state index contributed by atoms with van der Waals surface area (Å²) in [5.74, 6) is 1.57. The van der Waals surface area contributed by atoms with E-state index in [9.17, 15) is 4.79 Å². The van der Waals surface area contributed by atoms with Gasteiger partial charge in [-0.3, -0.25) is 9.69 Å². The molecule has 0 unspecified atom stereocenters. The van der Waals surface area contributed by atoms with E-state index in [0.717, 1.165) is 36.6 Å². The number of nitrogens with one attached hydrogen (secondary N) is 1. The Balaban J connectivity index is 1.29. The minimum absolute atomic E-state index is 0.0568. The van der Waals surface area contributed by atoms with E-state index >= 15 is 0 Å². The van der Waals surface area contributed by atoms with Crippen LogP contribution in [0, 0.1) is 0 Å². The van der Waals surface area contributed by atoms with Crippen molar-refractivity contribution in [1.29, 1.82) is 0 Å². The van der Waals surface area contributed by atoms with Crippen LogP contribution < -0.4 is 14.8 Å². The highest BCUT2D eigenvalue weighted by atomic mass is 32.1. The standard InChI is InChI=1S/C17H18N2O3S/c20-17(10-19-5-3-16-13(9-19)4-6-23-16)18-8-12-1-2-14-15(7-12)22-11-21-14/h1-2,4,6-7H,3,5,8-11H2,(H,18,20). The van der Waals surface area contributed by atoms with E-state index in [2.05, 4.69) is 21.7 Å². The lowest BCUT2D eigenvalue weighted by Gasteiger charge is -2.26. The molecule has 23 heavy (non-hydrogen) atoms. The summed E-state index contributed by atoms with van der Waals surface area (Å²) >= 11 is 1.81. The Morgan fingerprint density at radius 2 is 2.17 bits per heavy atom. The molecule has 0 spiro atoms. The van der Waals surface area contributed by atoms with Gasteiger partial charge in [-0.15, -0.1) is 11.3 Å². The minimum atomic E-state index is 0.0568. The number of hydrogen-bond donors (Lipinski definition) is 1. The number of hydrogen-bond acceptors (Lipinski definition) is 5. The van der Waals surface area contributed by atoms with Crippen LogP contribution in [-0.2, 0) is 24.3 Å². The molecule has 1 amide bonds. The first-order valence-electron chi connectivity index (χ1n) is 7.71. The van der Waals surface area contributed by atoms with Gasteiger partial charge in [-0.25, -0.2) is 0 Å². The molecule has 0 aliphatic carbocycles. The summed E-state index contributed by atoms with van der Waals surface area (Å²) < 4.78 is 10.6. The normalized spacial score (nSPS) is 16.2. The summed E-state index contributed by atoms with van der Waals surface area (Å²) in [5, 5.41) is 5.11. The SMILES string of the molecule is O=C(CN1CCc2sccc2C1)NCc1ccc2c(c1)OCO2. The van der Waals surface area contributed by atoms with Crippen molar-refractivity contribution >= 4 is 17.2 Å². The quantitative estimate of drug-likeness (QED) is 0.933. The highest BCUT2D eigenvalue weighted by Gasteiger charge is 2.19. The molecule has 5 nitrogen and oxygen atoms in total. The zero-order valence-corrected chi connectivity index (χ0v) is 13.5.